The van der Waals surface area contributed by atoms with Crippen LogP contribution in [0.5, 0.6) is 0 Å². The molecule has 4 fully saturated rings. The predicted octanol–water partition coefficient (Wildman–Crippen LogP) is 2.89. The van der Waals surface area contributed by atoms with Crippen LogP contribution < -0.4 is 5.73 Å². The van der Waals surface area contributed by atoms with Crippen LogP contribution in [0.3, 0.4) is 0 Å². The monoisotopic (exact) mass is 225 g/mol. The minimum atomic E-state index is 0.473. The fourth-order valence-corrected chi connectivity index (χ4v) is 5.70. The highest BCUT2D eigenvalue weighted by Gasteiger charge is 2.53. The molecule has 4 bridgehead atoms. The average Bonchev–Trinajstić information content (AvgIpc) is 2.15. The molecular formula is C13H23NS. The van der Waals surface area contributed by atoms with Crippen LogP contribution in [0, 0.1) is 23.2 Å². The van der Waals surface area contributed by atoms with Gasteiger partial charge in [-0.15, -0.1) is 0 Å². The first kappa shape index (κ1) is 10.5. The van der Waals surface area contributed by atoms with Gasteiger partial charge in [0.25, 0.3) is 0 Å². The van der Waals surface area contributed by atoms with Gasteiger partial charge < -0.3 is 5.73 Å². The first-order chi connectivity index (χ1) is 7.22. The second-order valence-corrected chi connectivity index (χ2v) is 7.25. The van der Waals surface area contributed by atoms with Crippen molar-refractivity contribution in [3.05, 3.63) is 0 Å². The molecule has 4 saturated carbocycles. The van der Waals surface area contributed by atoms with Crippen molar-refractivity contribution in [3.63, 3.8) is 0 Å². The second-order valence-electron chi connectivity index (χ2n) is 6.34. The lowest BCUT2D eigenvalue weighted by Gasteiger charge is -2.59. The molecule has 2 heteroatoms. The van der Waals surface area contributed by atoms with E-state index < -0.39 is 0 Å². The Balaban J connectivity index is 1.80. The van der Waals surface area contributed by atoms with E-state index in [2.05, 4.69) is 6.26 Å². The molecule has 86 valence electrons. The van der Waals surface area contributed by atoms with Crippen molar-refractivity contribution >= 4 is 11.8 Å². The van der Waals surface area contributed by atoms with E-state index in [1.807, 2.05) is 11.8 Å². The third-order valence-corrected chi connectivity index (χ3v) is 5.91. The van der Waals surface area contributed by atoms with E-state index in [0.29, 0.717) is 11.5 Å². The van der Waals surface area contributed by atoms with Crippen LogP contribution in [0.1, 0.15) is 38.5 Å². The van der Waals surface area contributed by atoms with Crippen molar-refractivity contribution in [3.8, 4) is 0 Å². The van der Waals surface area contributed by atoms with Crippen LogP contribution in [0.25, 0.3) is 0 Å². The maximum Gasteiger partial charge on any atom is 0.0187 e. The highest BCUT2D eigenvalue weighted by molar-refractivity contribution is 7.98. The highest BCUT2D eigenvalue weighted by atomic mass is 32.2. The zero-order chi connectivity index (χ0) is 10.5. The Kier molecular flexibility index (Phi) is 2.55. The standard InChI is InChI=1S/C13H23NS/c1-15-8-12(14)13-5-9-2-10(6-13)4-11(3-9)7-13/h9-12H,2-8,14H2,1H3. The van der Waals surface area contributed by atoms with Gasteiger partial charge in [-0.25, -0.2) is 0 Å². The zero-order valence-corrected chi connectivity index (χ0v) is 10.6. The fraction of sp³-hybridized carbons (Fsp3) is 1.00. The van der Waals surface area contributed by atoms with Gasteiger partial charge in [0.15, 0.2) is 0 Å². The third kappa shape index (κ3) is 1.64. The van der Waals surface area contributed by atoms with Crippen LogP contribution in [0.4, 0.5) is 0 Å². The molecule has 0 heterocycles. The molecule has 0 aromatic carbocycles. The van der Waals surface area contributed by atoms with Crippen LogP contribution in [-0.2, 0) is 0 Å². The van der Waals surface area contributed by atoms with E-state index in [-0.39, 0.29) is 0 Å². The predicted molar refractivity (Wildman–Crippen MR) is 67.0 cm³/mol. The highest BCUT2D eigenvalue weighted by Crippen LogP contribution is 2.61. The van der Waals surface area contributed by atoms with Gasteiger partial charge in [-0.1, -0.05) is 0 Å². The maximum atomic E-state index is 6.46. The Hall–Kier alpha value is 0.310. The first-order valence-corrected chi connectivity index (χ1v) is 7.86. The summed E-state index contributed by atoms with van der Waals surface area (Å²) >= 11 is 1.93. The van der Waals surface area contributed by atoms with Gasteiger partial charge in [0.2, 0.25) is 0 Å². The van der Waals surface area contributed by atoms with E-state index >= 15 is 0 Å². The largest absolute Gasteiger partial charge is 0.326 e. The number of thioether (sulfide) groups is 1. The topological polar surface area (TPSA) is 26.0 Å². The molecule has 1 nitrogen and oxygen atoms in total. The Bertz CT molecular complexity index is 216. The minimum absolute atomic E-state index is 0.473. The van der Waals surface area contributed by atoms with Gasteiger partial charge in [0, 0.05) is 11.8 Å². The summed E-state index contributed by atoms with van der Waals surface area (Å²) in [5.74, 6) is 4.31. The lowest BCUT2D eigenvalue weighted by molar-refractivity contribution is -0.0629. The Morgan fingerprint density at radius 1 is 1.13 bits per heavy atom. The Morgan fingerprint density at radius 3 is 2.00 bits per heavy atom. The molecule has 0 aliphatic heterocycles. The second kappa shape index (κ2) is 3.66. The van der Waals surface area contributed by atoms with Crippen LogP contribution in [0.15, 0.2) is 0 Å². The summed E-state index contributed by atoms with van der Waals surface area (Å²) in [4.78, 5) is 0. The van der Waals surface area contributed by atoms with Gasteiger partial charge in [-0.3, -0.25) is 0 Å². The van der Waals surface area contributed by atoms with Gasteiger partial charge in [0.05, 0.1) is 0 Å². The smallest absolute Gasteiger partial charge is 0.0187 e. The minimum Gasteiger partial charge on any atom is -0.326 e. The van der Waals surface area contributed by atoms with E-state index in [9.17, 15) is 0 Å². The molecule has 0 amide bonds. The third-order valence-electron chi connectivity index (χ3n) is 5.22. The summed E-state index contributed by atoms with van der Waals surface area (Å²) in [5, 5.41) is 0. The number of hydrogen-bond acceptors (Lipinski definition) is 2. The fourth-order valence-electron chi connectivity index (χ4n) is 4.99. The van der Waals surface area contributed by atoms with E-state index in [4.69, 9.17) is 5.73 Å². The van der Waals surface area contributed by atoms with Crippen molar-refractivity contribution in [1.82, 2.24) is 0 Å². The summed E-state index contributed by atoms with van der Waals surface area (Å²) in [6.07, 6.45) is 11.2. The lowest BCUT2D eigenvalue weighted by Crippen LogP contribution is -2.55. The Morgan fingerprint density at radius 2 is 1.60 bits per heavy atom. The molecule has 0 spiro atoms. The zero-order valence-electron chi connectivity index (χ0n) is 9.74. The van der Waals surface area contributed by atoms with Crippen molar-refractivity contribution in [2.45, 2.75) is 44.6 Å². The van der Waals surface area contributed by atoms with E-state index in [0.717, 1.165) is 17.8 Å². The van der Waals surface area contributed by atoms with Crippen molar-refractivity contribution in [2.24, 2.45) is 28.9 Å². The summed E-state index contributed by atoms with van der Waals surface area (Å²) in [5.41, 5.74) is 7.03. The van der Waals surface area contributed by atoms with Gasteiger partial charge in [-0.05, 0) is 67.9 Å². The maximum absolute atomic E-state index is 6.46. The SMILES string of the molecule is CSCC(N)C12CC3CC(CC(C3)C1)C2. The number of hydrogen-bond donors (Lipinski definition) is 1. The van der Waals surface area contributed by atoms with Crippen LogP contribution in [-0.4, -0.2) is 18.1 Å². The normalized spacial score (nSPS) is 49.6. The summed E-state index contributed by atoms with van der Waals surface area (Å²) in [6, 6.07) is 0.473. The first-order valence-electron chi connectivity index (χ1n) is 6.46. The molecule has 4 aliphatic rings. The molecule has 2 N–H and O–H groups in total. The van der Waals surface area contributed by atoms with E-state index in [1.54, 1.807) is 0 Å². The quantitative estimate of drug-likeness (QED) is 0.799. The number of nitrogens with two attached hydrogens (primary N) is 1. The van der Waals surface area contributed by atoms with E-state index in [1.165, 1.54) is 44.3 Å². The Labute approximate surface area is 97.6 Å². The lowest BCUT2D eigenvalue weighted by atomic mass is 9.48. The van der Waals surface area contributed by atoms with Crippen molar-refractivity contribution < 1.29 is 0 Å². The molecule has 4 rings (SSSR count). The van der Waals surface area contributed by atoms with Crippen LogP contribution in [0.2, 0.25) is 0 Å². The number of rotatable bonds is 3. The summed E-state index contributed by atoms with van der Waals surface area (Å²) in [6.45, 7) is 0. The molecule has 4 aliphatic carbocycles. The molecule has 0 radical (unpaired) electrons. The molecule has 0 saturated heterocycles. The van der Waals surface area contributed by atoms with Crippen molar-refractivity contribution in [1.29, 1.82) is 0 Å². The van der Waals surface area contributed by atoms with Crippen molar-refractivity contribution in [2.75, 3.05) is 12.0 Å². The molecule has 1 atom stereocenters. The molecule has 0 aromatic rings. The van der Waals surface area contributed by atoms with Gasteiger partial charge >= 0.3 is 0 Å². The summed E-state index contributed by atoms with van der Waals surface area (Å²) < 4.78 is 0. The van der Waals surface area contributed by atoms with Crippen LogP contribution >= 0.6 is 11.8 Å². The average molecular weight is 225 g/mol. The molecule has 1 unspecified atom stereocenters. The molecule has 0 aromatic heterocycles. The summed E-state index contributed by atoms with van der Waals surface area (Å²) in [7, 11) is 0. The van der Waals surface area contributed by atoms with Gasteiger partial charge in [-0.2, -0.15) is 11.8 Å². The molecular weight excluding hydrogens is 202 g/mol. The molecule has 15 heavy (non-hydrogen) atoms. The van der Waals surface area contributed by atoms with Gasteiger partial charge in [0.1, 0.15) is 0 Å².